The Labute approximate surface area is 213 Å². The van der Waals surface area contributed by atoms with Crippen LogP contribution in [-0.2, 0) is 16.6 Å². The summed E-state index contributed by atoms with van der Waals surface area (Å²) in [6.45, 7) is 6.94. The van der Waals surface area contributed by atoms with Crippen molar-refractivity contribution in [3.8, 4) is 16.9 Å². The third-order valence-electron chi connectivity index (χ3n) is 6.61. The van der Waals surface area contributed by atoms with E-state index >= 15 is 0 Å². The van der Waals surface area contributed by atoms with Crippen molar-refractivity contribution in [1.29, 1.82) is 0 Å². The predicted molar refractivity (Wildman–Crippen MR) is 139 cm³/mol. The second-order valence-electron chi connectivity index (χ2n) is 9.71. The molecule has 1 aliphatic heterocycles. The van der Waals surface area contributed by atoms with Crippen LogP contribution in [0.1, 0.15) is 25.0 Å². The van der Waals surface area contributed by atoms with Crippen molar-refractivity contribution in [2.24, 2.45) is 5.92 Å². The van der Waals surface area contributed by atoms with Crippen molar-refractivity contribution in [2.75, 3.05) is 26.7 Å². The van der Waals surface area contributed by atoms with Gasteiger partial charge in [-0.05, 0) is 44.2 Å². The van der Waals surface area contributed by atoms with Gasteiger partial charge in [0, 0.05) is 49.6 Å². The molecule has 1 N–H and O–H groups in total. The average molecular weight is 511 g/mol. The van der Waals surface area contributed by atoms with Gasteiger partial charge in [-0.2, -0.15) is 4.31 Å². The molecule has 3 aromatic rings. The van der Waals surface area contributed by atoms with Gasteiger partial charge in [0.2, 0.25) is 10.0 Å². The molecule has 0 saturated heterocycles. The molecule has 0 fully saturated rings. The fraction of sp³-hybridized carbons (Fsp3) is 0.407. The monoisotopic (exact) mass is 510 g/mol. The lowest BCUT2D eigenvalue weighted by Crippen LogP contribution is -2.49. The van der Waals surface area contributed by atoms with Crippen LogP contribution in [0.3, 0.4) is 0 Å². The fourth-order valence-electron chi connectivity index (χ4n) is 4.46. The van der Waals surface area contributed by atoms with E-state index in [1.54, 1.807) is 25.4 Å². The van der Waals surface area contributed by atoms with E-state index in [1.807, 2.05) is 57.3 Å². The lowest BCUT2D eigenvalue weighted by Gasteiger charge is -2.37. The first-order chi connectivity index (χ1) is 17.2. The summed E-state index contributed by atoms with van der Waals surface area (Å²) < 4.78 is 35.3. The van der Waals surface area contributed by atoms with Crippen LogP contribution in [-0.4, -0.2) is 71.6 Å². The number of sulfonamides is 1. The van der Waals surface area contributed by atoms with Gasteiger partial charge >= 0.3 is 0 Å². The van der Waals surface area contributed by atoms with E-state index in [4.69, 9.17) is 4.74 Å². The molecular weight excluding hydrogens is 476 g/mol. The Balaban J connectivity index is 1.72. The number of ether oxygens (including phenoxy) is 1. The molecule has 2 heterocycles. The molecule has 4 rings (SSSR count). The molecule has 0 radical (unpaired) electrons. The first-order valence-corrected chi connectivity index (χ1v) is 13.6. The Morgan fingerprint density at radius 1 is 1.14 bits per heavy atom. The average Bonchev–Trinajstić information content (AvgIpc) is 2.86. The van der Waals surface area contributed by atoms with Gasteiger partial charge in [-0.1, -0.05) is 42.8 Å². The number of nitrogens with zero attached hydrogens (tertiary/aromatic N) is 4. The van der Waals surface area contributed by atoms with Gasteiger partial charge in [-0.3, -0.25) is 4.90 Å². The number of likely N-dealkylation sites (N-methyl/N-ethyl adjacent to an activating group) is 1. The van der Waals surface area contributed by atoms with Crippen molar-refractivity contribution >= 4 is 10.0 Å². The molecule has 0 spiro atoms. The van der Waals surface area contributed by atoms with Crippen molar-refractivity contribution in [2.45, 2.75) is 44.4 Å². The minimum atomic E-state index is -3.87. The summed E-state index contributed by atoms with van der Waals surface area (Å²) in [6, 6.07) is 12.8. The number of hydrogen-bond donors (Lipinski definition) is 1. The first-order valence-electron chi connectivity index (χ1n) is 12.1. The van der Waals surface area contributed by atoms with Crippen LogP contribution in [0.15, 0.2) is 66.1 Å². The summed E-state index contributed by atoms with van der Waals surface area (Å²) in [5.74, 6) is 0.204. The number of fused-ring (bicyclic) bond motifs is 1. The number of hydrogen-bond acceptors (Lipinski definition) is 7. The predicted octanol–water partition coefficient (Wildman–Crippen LogP) is 3.35. The number of aliphatic hydroxyl groups excluding tert-OH is 1. The lowest BCUT2D eigenvalue weighted by atomic mass is 10.0. The van der Waals surface area contributed by atoms with Gasteiger partial charge in [0.1, 0.15) is 23.1 Å². The van der Waals surface area contributed by atoms with E-state index in [0.29, 0.717) is 18.8 Å². The lowest BCUT2D eigenvalue weighted by molar-refractivity contribution is 0.0733. The number of aromatic nitrogens is 2. The van der Waals surface area contributed by atoms with Crippen molar-refractivity contribution in [1.82, 2.24) is 19.2 Å². The fourth-order valence-corrected chi connectivity index (χ4v) is 6.29. The van der Waals surface area contributed by atoms with Crippen LogP contribution >= 0.6 is 0 Å². The summed E-state index contributed by atoms with van der Waals surface area (Å²) in [7, 11) is -1.88. The smallest absolute Gasteiger partial charge is 0.247 e. The molecule has 1 aromatic heterocycles. The molecule has 0 bridgehead atoms. The van der Waals surface area contributed by atoms with Gasteiger partial charge in [-0.15, -0.1) is 0 Å². The Morgan fingerprint density at radius 2 is 1.81 bits per heavy atom. The van der Waals surface area contributed by atoms with Gasteiger partial charge in [0.05, 0.1) is 6.61 Å². The molecular formula is C27H34N4O4S. The van der Waals surface area contributed by atoms with Crippen molar-refractivity contribution in [3.63, 3.8) is 0 Å². The molecule has 1 aliphatic rings. The highest BCUT2D eigenvalue weighted by Crippen LogP contribution is 2.36. The zero-order valence-corrected chi connectivity index (χ0v) is 22.0. The van der Waals surface area contributed by atoms with E-state index in [-0.39, 0.29) is 30.1 Å². The van der Waals surface area contributed by atoms with Crippen LogP contribution in [0.25, 0.3) is 11.1 Å². The van der Waals surface area contributed by atoms with E-state index in [2.05, 4.69) is 14.9 Å². The molecule has 3 atom stereocenters. The quantitative estimate of drug-likeness (QED) is 0.521. The number of aliphatic hydroxyl groups is 1. The van der Waals surface area contributed by atoms with Crippen LogP contribution < -0.4 is 4.74 Å². The third-order valence-corrected chi connectivity index (χ3v) is 8.63. The maximum Gasteiger partial charge on any atom is 0.247 e. The van der Waals surface area contributed by atoms with Gasteiger partial charge in [-0.25, -0.2) is 18.4 Å². The highest BCUT2D eigenvalue weighted by atomic mass is 32.2. The topological polar surface area (TPSA) is 95.9 Å². The van der Waals surface area contributed by atoms with Gasteiger partial charge in [0.15, 0.2) is 0 Å². The normalized spacial score (nSPS) is 20.7. The standard InChI is InChI=1S/C27H34N4O4S/c1-19-5-7-23(8-6-19)24-9-10-27-25(11-24)35-26(16-30(4)15-22-12-28-18-29-13-22)20(2)14-31(21(3)17-32)36(27,33)34/h5-13,18,20-21,26,32H,14-17H2,1-4H3/t20-,21-,26+/m1/s1. The van der Waals surface area contributed by atoms with E-state index in [0.717, 1.165) is 22.3 Å². The van der Waals surface area contributed by atoms with Crippen LogP contribution in [0.2, 0.25) is 0 Å². The maximum atomic E-state index is 13.7. The van der Waals surface area contributed by atoms with Crippen molar-refractivity contribution in [3.05, 3.63) is 72.3 Å². The number of benzene rings is 2. The minimum absolute atomic E-state index is 0.120. The molecule has 0 unspecified atom stereocenters. The van der Waals surface area contributed by atoms with E-state index in [9.17, 15) is 13.5 Å². The van der Waals surface area contributed by atoms with E-state index in [1.165, 1.54) is 10.6 Å². The van der Waals surface area contributed by atoms with Crippen LogP contribution in [0.5, 0.6) is 5.75 Å². The molecule has 0 aliphatic carbocycles. The van der Waals surface area contributed by atoms with Crippen LogP contribution in [0, 0.1) is 12.8 Å². The summed E-state index contributed by atoms with van der Waals surface area (Å²) in [6.07, 6.45) is 4.79. The summed E-state index contributed by atoms with van der Waals surface area (Å²) in [4.78, 5) is 10.4. The zero-order valence-electron chi connectivity index (χ0n) is 21.2. The molecule has 2 aromatic carbocycles. The Bertz CT molecular complexity index is 1270. The summed E-state index contributed by atoms with van der Waals surface area (Å²) in [5.41, 5.74) is 4.00. The third kappa shape index (κ3) is 5.75. The molecule has 0 saturated carbocycles. The van der Waals surface area contributed by atoms with E-state index < -0.39 is 16.1 Å². The molecule has 9 heteroatoms. The Hall–Kier alpha value is -2.85. The Kier molecular flexibility index (Phi) is 8.04. The van der Waals surface area contributed by atoms with Gasteiger partial charge < -0.3 is 9.84 Å². The highest BCUT2D eigenvalue weighted by Gasteiger charge is 2.38. The molecule has 8 nitrogen and oxygen atoms in total. The molecule has 0 amide bonds. The minimum Gasteiger partial charge on any atom is -0.487 e. The largest absolute Gasteiger partial charge is 0.487 e. The zero-order chi connectivity index (χ0) is 25.9. The number of rotatable bonds is 7. The second kappa shape index (κ2) is 11.0. The number of aryl methyl sites for hydroxylation is 1. The molecule has 192 valence electrons. The second-order valence-corrected chi connectivity index (χ2v) is 11.6. The maximum absolute atomic E-state index is 13.7. The SMILES string of the molecule is Cc1ccc(-c2ccc3c(c2)O[C@@H](CN(C)Cc2cncnc2)[C@H](C)CN([C@H](C)CO)S3(=O)=O)cc1. The highest BCUT2D eigenvalue weighted by molar-refractivity contribution is 7.89. The summed E-state index contributed by atoms with van der Waals surface area (Å²) in [5, 5.41) is 9.85. The van der Waals surface area contributed by atoms with Crippen molar-refractivity contribution < 1.29 is 18.3 Å². The van der Waals surface area contributed by atoms with Gasteiger partial charge in [0.25, 0.3) is 0 Å². The summed E-state index contributed by atoms with van der Waals surface area (Å²) >= 11 is 0. The first kappa shape index (κ1) is 26.2. The Morgan fingerprint density at radius 3 is 2.47 bits per heavy atom. The molecule has 36 heavy (non-hydrogen) atoms. The van der Waals surface area contributed by atoms with Crippen LogP contribution in [0.4, 0.5) is 0 Å².